The minimum atomic E-state index is 0.245. The second-order valence-corrected chi connectivity index (χ2v) is 7.18. The van der Waals surface area contributed by atoms with Crippen LogP contribution in [0, 0.1) is 0 Å². The molecule has 0 amide bonds. The summed E-state index contributed by atoms with van der Waals surface area (Å²) in [5, 5.41) is 1.02. The van der Waals surface area contributed by atoms with Crippen LogP contribution in [0.1, 0.15) is 5.69 Å². The van der Waals surface area contributed by atoms with Crippen molar-refractivity contribution in [1.82, 2.24) is 24.9 Å². The van der Waals surface area contributed by atoms with Gasteiger partial charge in [-0.2, -0.15) is 0 Å². The highest BCUT2D eigenvalue weighted by atomic mass is 16.5. The van der Waals surface area contributed by atoms with E-state index in [2.05, 4.69) is 26.0 Å². The zero-order valence-corrected chi connectivity index (χ0v) is 17.2. The van der Waals surface area contributed by atoms with Gasteiger partial charge in [-0.05, 0) is 18.2 Å². The first-order valence-electron chi connectivity index (χ1n) is 10.2. The minimum absolute atomic E-state index is 0.245. The van der Waals surface area contributed by atoms with Gasteiger partial charge in [0, 0.05) is 47.7 Å². The van der Waals surface area contributed by atoms with Gasteiger partial charge >= 0.3 is 0 Å². The predicted molar refractivity (Wildman–Crippen MR) is 124 cm³/mol. The van der Waals surface area contributed by atoms with Gasteiger partial charge in [0.2, 0.25) is 0 Å². The summed E-state index contributed by atoms with van der Waals surface area (Å²) in [6, 6.07) is 19.8. The average Bonchev–Trinajstić information content (AvgIpc) is 2.86. The van der Waals surface area contributed by atoms with Gasteiger partial charge in [-0.1, -0.05) is 42.5 Å². The van der Waals surface area contributed by atoms with Crippen LogP contribution in [0.2, 0.25) is 0 Å². The molecule has 3 aromatic heterocycles. The third-order valence-electron chi connectivity index (χ3n) is 5.03. The molecular formula is C25H20N6O. The van der Waals surface area contributed by atoms with Gasteiger partial charge in [0.15, 0.2) is 5.82 Å². The van der Waals surface area contributed by atoms with Crippen molar-refractivity contribution in [3.05, 3.63) is 91.1 Å². The fourth-order valence-corrected chi connectivity index (χ4v) is 3.47. The first-order chi connectivity index (χ1) is 15.8. The molecule has 0 aliphatic rings. The van der Waals surface area contributed by atoms with E-state index in [9.17, 15) is 0 Å². The molecule has 0 radical (unpaired) electrons. The van der Waals surface area contributed by atoms with Crippen molar-refractivity contribution < 1.29 is 4.74 Å². The zero-order chi connectivity index (χ0) is 21.8. The molecule has 0 saturated carbocycles. The highest BCUT2D eigenvalue weighted by molar-refractivity contribution is 5.87. The standard InChI is InChI=1S/C25H20N6O/c26-24-25(32-14-10-20-16-27-12-13-28-20)31-23(22(30-24)17-5-2-1-3-6-17)19-8-9-21-18(15-19)7-4-11-29-21/h1-9,11-13,15-16H,10,14H2,(H2,26,30). The second kappa shape index (κ2) is 8.77. The fraction of sp³-hybridized carbons (Fsp3) is 0.0800. The Kier molecular flexibility index (Phi) is 5.36. The van der Waals surface area contributed by atoms with Gasteiger partial charge in [-0.25, -0.2) is 9.97 Å². The predicted octanol–water partition coefficient (Wildman–Crippen LogP) is 4.35. The first-order valence-corrected chi connectivity index (χ1v) is 10.2. The lowest BCUT2D eigenvalue weighted by atomic mass is 10.0. The SMILES string of the molecule is Nc1nc(-c2ccccc2)c(-c2ccc3ncccc3c2)nc1OCCc1cnccn1. The van der Waals surface area contributed by atoms with E-state index in [1.807, 2.05) is 54.6 Å². The van der Waals surface area contributed by atoms with Gasteiger partial charge in [-0.3, -0.25) is 15.0 Å². The largest absolute Gasteiger partial charge is 0.475 e. The summed E-state index contributed by atoms with van der Waals surface area (Å²) in [5.74, 6) is 0.545. The van der Waals surface area contributed by atoms with Crippen LogP contribution in [-0.4, -0.2) is 31.5 Å². The molecule has 0 fully saturated rings. The van der Waals surface area contributed by atoms with Crippen LogP contribution >= 0.6 is 0 Å². The van der Waals surface area contributed by atoms with Crippen LogP contribution in [0.25, 0.3) is 33.4 Å². The van der Waals surface area contributed by atoms with E-state index in [0.717, 1.165) is 27.7 Å². The molecule has 0 spiro atoms. The number of benzene rings is 2. The van der Waals surface area contributed by atoms with Crippen molar-refractivity contribution >= 4 is 16.7 Å². The molecule has 7 heteroatoms. The van der Waals surface area contributed by atoms with Crippen molar-refractivity contribution in [3.8, 4) is 28.4 Å². The minimum Gasteiger partial charge on any atom is -0.475 e. The Morgan fingerprint density at radius 2 is 1.66 bits per heavy atom. The normalized spacial score (nSPS) is 10.9. The van der Waals surface area contributed by atoms with Crippen molar-refractivity contribution in [3.63, 3.8) is 0 Å². The molecule has 0 saturated heterocycles. The molecular weight excluding hydrogens is 400 g/mol. The number of nitrogens with zero attached hydrogens (tertiary/aromatic N) is 5. The molecule has 2 aromatic carbocycles. The Labute approximate surface area is 185 Å². The lowest BCUT2D eigenvalue weighted by Gasteiger charge is -2.14. The maximum absolute atomic E-state index is 6.24. The number of hydrogen-bond donors (Lipinski definition) is 1. The van der Waals surface area contributed by atoms with Crippen LogP contribution in [0.15, 0.2) is 85.5 Å². The van der Waals surface area contributed by atoms with Crippen LogP contribution in [0.4, 0.5) is 5.82 Å². The summed E-state index contributed by atoms with van der Waals surface area (Å²) in [5.41, 5.74) is 11.2. The van der Waals surface area contributed by atoms with Crippen LogP contribution in [-0.2, 0) is 6.42 Å². The Morgan fingerprint density at radius 3 is 2.50 bits per heavy atom. The smallest absolute Gasteiger partial charge is 0.257 e. The number of pyridine rings is 1. The highest BCUT2D eigenvalue weighted by Crippen LogP contribution is 2.34. The molecule has 0 aliphatic heterocycles. The Morgan fingerprint density at radius 1 is 0.781 bits per heavy atom. The summed E-state index contributed by atoms with van der Waals surface area (Å²) in [4.78, 5) is 22.2. The molecule has 0 atom stereocenters. The van der Waals surface area contributed by atoms with Crippen LogP contribution in [0.3, 0.4) is 0 Å². The molecule has 156 valence electrons. The van der Waals surface area contributed by atoms with E-state index in [-0.39, 0.29) is 5.82 Å². The maximum Gasteiger partial charge on any atom is 0.257 e. The first kappa shape index (κ1) is 19.6. The molecule has 0 bridgehead atoms. The number of nitrogen functional groups attached to an aromatic ring is 1. The monoisotopic (exact) mass is 420 g/mol. The lowest BCUT2D eigenvalue weighted by Crippen LogP contribution is -2.09. The molecule has 7 nitrogen and oxygen atoms in total. The summed E-state index contributed by atoms with van der Waals surface area (Å²) >= 11 is 0. The van der Waals surface area contributed by atoms with Gasteiger partial charge in [0.05, 0.1) is 23.5 Å². The number of hydrogen-bond acceptors (Lipinski definition) is 7. The zero-order valence-electron chi connectivity index (χ0n) is 17.2. The van der Waals surface area contributed by atoms with E-state index < -0.39 is 0 Å². The van der Waals surface area contributed by atoms with Gasteiger partial charge < -0.3 is 10.5 Å². The topological polar surface area (TPSA) is 99.7 Å². The van der Waals surface area contributed by atoms with Gasteiger partial charge in [-0.15, -0.1) is 0 Å². The number of anilines is 1. The van der Waals surface area contributed by atoms with Gasteiger partial charge in [0.1, 0.15) is 5.69 Å². The Hall–Kier alpha value is -4.39. The molecule has 5 rings (SSSR count). The lowest BCUT2D eigenvalue weighted by molar-refractivity contribution is 0.309. The van der Waals surface area contributed by atoms with Crippen molar-refractivity contribution in [2.75, 3.05) is 12.3 Å². The van der Waals surface area contributed by atoms with Crippen LogP contribution in [0.5, 0.6) is 5.88 Å². The van der Waals surface area contributed by atoms with E-state index in [0.29, 0.717) is 30.3 Å². The molecule has 3 heterocycles. The summed E-state index contributed by atoms with van der Waals surface area (Å²) in [7, 11) is 0. The molecule has 5 aromatic rings. The Balaban J connectivity index is 1.54. The third kappa shape index (κ3) is 4.09. The molecule has 32 heavy (non-hydrogen) atoms. The van der Waals surface area contributed by atoms with E-state index in [4.69, 9.17) is 15.5 Å². The molecule has 0 aliphatic carbocycles. The number of fused-ring (bicyclic) bond motifs is 1. The number of ether oxygens (including phenoxy) is 1. The number of rotatable bonds is 6. The average molecular weight is 420 g/mol. The molecule has 0 unspecified atom stereocenters. The van der Waals surface area contributed by atoms with Crippen molar-refractivity contribution in [2.24, 2.45) is 0 Å². The van der Waals surface area contributed by atoms with Crippen LogP contribution < -0.4 is 10.5 Å². The summed E-state index contributed by atoms with van der Waals surface area (Å²) in [6.07, 6.45) is 7.38. The third-order valence-corrected chi connectivity index (χ3v) is 5.03. The second-order valence-electron chi connectivity index (χ2n) is 7.18. The number of nitrogens with two attached hydrogens (primary N) is 1. The van der Waals surface area contributed by atoms with Crippen molar-refractivity contribution in [2.45, 2.75) is 6.42 Å². The molecule has 2 N–H and O–H groups in total. The van der Waals surface area contributed by atoms with Gasteiger partial charge in [0.25, 0.3) is 5.88 Å². The number of aromatic nitrogens is 5. The van der Waals surface area contributed by atoms with E-state index in [1.165, 1.54) is 0 Å². The quantitative estimate of drug-likeness (QED) is 0.436. The van der Waals surface area contributed by atoms with E-state index in [1.54, 1.807) is 24.8 Å². The fourth-order valence-electron chi connectivity index (χ4n) is 3.47. The Bertz CT molecular complexity index is 1360. The highest BCUT2D eigenvalue weighted by Gasteiger charge is 2.17. The van der Waals surface area contributed by atoms with Crippen molar-refractivity contribution in [1.29, 1.82) is 0 Å². The maximum atomic E-state index is 6.24. The summed E-state index contributed by atoms with van der Waals surface area (Å²) in [6.45, 7) is 0.364. The van der Waals surface area contributed by atoms with E-state index >= 15 is 0 Å². The summed E-state index contributed by atoms with van der Waals surface area (Å²) < 4.78 is 5.90.